The SMILES string of the molecule is COc1cc(OC)cc(C(=O)Nc2nc3c(s2)CCC3C(=O)Nc2ccc(C)c(C)c2)c1. The Morgan fingerprint density at radius 2 is 1.72 bits per heavy atom. The predicted octanol–water partition coefficient (Wildman–Crippen LogP) is 4.70. The fraction of sp³-hybridized carbons (Fsp3) is 0.292. The third kappa shape index (κ3) is 4.45. The van der Waals surface area contributed by atoms with Crippen molar-refractivity contribution in [3.8, 4) is 11.5 Å². The number of ether oxygens (including phenoxy) is 2. The first-order valence-electron chi connectivity index (χ1n) is 10.3. The zero-order valence-electron chi connectivity index (χ0n) is 18.4. The summed E-state index contributed by atoms with van der Waals surface area (Å²) in [5.74, 6) is 0.335. The second-order valence-electron chi connectivity index (χ2n) is 7.76. The Balaban J connectivity index is 1.48. The summed E-state index contributed by atoms with van der Waals surface area (Å²) in [6.45, 7) is 4.06. The van der Waals surface area contributed by atoms with E-state index in [-0.39, 0.29) is 17.7 Å². The standard InChI is InChI=1S/C24H25N3O4S/c1-13-5-6-16(9-14(13)2)25-23(29)19-7-8-20-21(19)26-24(32-20)27-22(28)15-10-17(30-3)12-18(11-15)31-4/h5-6,9-12,19H,7-8H2,1-4H3,(H,25,29)(H,26,27,28). The van der Waals surface area contributed by atoms with Crippen LogP contribution in [-0.4, -0.2) is 31.0 Å². The third-order valence-corrected chi connectivity index (χ3v) is 6.69. The van der Waals surface area contributed by atoms with Crippen molar-refractivity contribution in [2.45, 2.75) is 32.6 Å². The fourth-order valence-corrected chi connectivity index (χ4v) is 4.73. The number of benzene rings is 2. The van der Waals surface area contributed by atoms with Gasteiger partial charge in [0.2, 0.25) is 5.91 Å². The summed E-state index contributed by atoms with van der Waals surface area (Å²) in [7, 11) is 3.07. The molecular formula is C24H25N3O4S. The molecule has 0 spiro atoms. The lowest BCUT2D eigenvalue weighted by Gasteiger charge is -2.12. The van der Waals surface area contributed by atoms with Gasteiger partial charge in [-0.15, -0.1) is 11.3 Å². The van der Waals surface area contributed by atoms with E-state index in [2.05, 4.69) is 15.6 Å². The van der Waals surface area contributed by atoms with Crippen LogP contribution < -0.4 is 20.1 Å². The lowest BCUT2D eigenvalue weighted by Crippen LogP contribution is -2.20. The van der Waals surface area contributed by atoms with Gasteiger partial charge >= 0.3 is 0 Å². The zero-order chi connectivity index (χ0) is 22.8. The lowest BCUT2D eigenvalue weighted by molar-refractivity contribution is -0.117. The molecule has 1 heterocycles. The van der Waals surface area contributed by atoms with Gasteiger partial charge in [-0.1, -0.05) is 6.07 Å². The fourth-order valence-electron chi connectivity index (χ4n) is 3.69. The molecule has 2 N–H and O–H groups in total. The van der Waals surface area contributed by atoms with E-state index in [9.17, 15) is 9.59 Å². The number of carbonyl (C=O) groups is 2. The number of rotatable bonds is 6. The van der Waals surface area contributed by atoms with Gasteiger partial charge in [0.15, 0.2) is 5.13 Å². The van der Waals surface area contributed by atoms with Gasteiger partial charge in [0.25, 0.3) is 5.91 Å². The van der Waals surface area contributed by atoms with Crippen molar-refractivity contribution < 1.29 is 19.1 Å². The minimum absolute atomic E-state index is 0.0762. The maximum Gasteiger partial charge on any atom is 0.257 e. The molecule has 2 amide bonds. The monoisotopic (exact) mass is 451 g/mol. The molecule has 166 valence electrons. The van der Waals surface area contributed by atoms with Gasteiger partial charge in [0.05, 0.1) is 25.8 Å². The second-order valence-corrected chi connectivity index (χ2v) is 8.85. The van der Waals surface area contributed by atoms with Gasteiger partial charge < -0.3 is 14.8 Å². The molecular weight excluding hydrogens is 426 g/mol. The van der Waals surface area contributed by atoms with Crippen LogP contribution in [0.3, 0.4) is 0 Å². The summed E-state index contributed by atoms with van der Waals surface area (Å²) in [5.41, 5.74) is 4.24. The number of carbonyl (C=O) groups excluding carboxylic acids is 2. The van der Waals surface area contributed by atoms with Crippen molar-refractivity contribution in [2.75, 3.05) is 24.9 Å². The number of hydrogen-bond donors (Lipinski definition) is 2. The summed E-state index contributed by atoms with van der Waals surface area (Å²) in [6, 6.07) is 10.9. The Kier molecular flexibility index (Phi) is 6.14. The van der Waals surface area contributed by atoms with Gasteiger partial charge in [0, 0.05) is 22.2 Å². The highest BCUT2D eigenvalue weighted by atomic mass is 32.1. The highest BCUT2D eigenvalue weighted by Crippen LogP contribution is 2.39. The average molecular weight is 452 g/mol. The molecule has 7 nitrogen and oxygen atoms in total. The quantitative estimate of drug-likeness (QED) is 0.567. The van der Waals surface area contributed by atoms with Crippen LogP contribution in [0.2, 0.25) is 0 Å². The number of anilines is 2. The first-order chi connectivity index (χ1) is 15.4. The van der Waals surface area contributed by atoms with E-state index in [4.69, 9.17) is 9.47 Å². The van der Waals surface area contributed by atoms with E-state index in [1.807, 2.05) is 32.0 Å². The molecule has 1 unspecified atom stereocenters. The Bertz CT molecular complexity index is 1170. The van der Waals surface area contributed by atoms with Crippen LogP contribution in [0.15, 0.2) is 36.4 Å². The Hall–Kier alpha value is -3.39. The van der Waals surface area contributed by atoms with Gasteiger partial charge in [-0.25, -0.2) is 4.98 Å². The number of methoxy groups -OCH3 is 2. The number of thiazole rings is 1. The molecule has 0 saturated heterocycles. The maximum atomic E-state index is 12.9. The molecule has 0 radical (unpaired) electrons. The van der Waals surface area contributed by atoms with Crippen molar-refractivity contribution in [3.63, 3.8) is 0 Å². The largest absolute Gasteiger partial charge is 0.497 e. The molecule has 2 aromatic carbocycles. The van der Waals surface area contributed by atoms with Crippen molar-refractivity contribution in [3.05, 3.63) is 63.7 Å². The van der Waals surface area contributed by atoms with E-state index in [1.54, 1.807) is 18.2 Å². The Labute approximate surface area is 190 Å². The van der Waals surface area contributed by atoms with Gasteiger partial charge in [0.1, 0.15) is 11.5 Å². The van der Waals surface area contributed by atoms with Crippen LogP contribution in [-0.2, 0) is 11.2 Å². The molecule has 0 aliphatic heterocycles. The summed E-state index contributed by atoms with van der Waals surface area (Å²) in [5, 5.41) is 6.32. The molecule has 0 fully saturated rings. The molecule has 1 aliphatic carbocycles. The second kappa shape index (κ2) is 9.00. The van der Waals surface area contributed by atoms with Crippen molar-refractivity contribution in [2.24, 2.45) is 0 Å². The highest BCUT2D eigenvalue weighted by Gasteiger charge is 2.33. The zero-order valence-corrected chi connectivity index (χ0v) is 19.3. The minimum atomic E-state index is -0.328. The van der Waals surface area contributed by atoms with Gasteiger partial charge in [-0.3, -0.25) is 14.9 Å². The molecule has 0 bridgehead atoms. The summed E-state index contributed by atoms with van der Waals surface area (Å²) in [4.78, 5) is 31.3. The number of hydrogen-bond acceptors (Lipinski definition) is 6. The van der Waals surface area contributed by atoms with Gasteiger partial charge in [-0.2, -0.15) is 0 Å². The number of aryl methyl sites for hydroxylation is 3. The van der Waals surface area contributed by atoms with Crippen LogP contribution in [0.4, 0.5) is 10.8 Å². The van der Waals surface area contributed by atoms with Gasteiger partial charge in [-0.05, 0) is 62.1 Å². The summed E-state index contributed by atoms with van der Waals surface area (Å²) >= 11 is 1.41. The van der Waals surface area contributed by atoms with Crippen LogP contribution in [0.1, 0.15) is 44.4 Å². The van der Waals surface area contributed by atoms with Crippen LogP contribution in [0.25, 0.3) is 0 Å². The van der Waals surface area contributed by atoms with E-state index >= 15 is 0 Å². The third-order valence-electron chi connectivity index (χ3n) is 5.64. The number of nitrogens with one attached hydrogen (secondary N) is 2. The highest BCUT2D eigenvalue weighted by molar-refractivity contribution is 7.16. The van der Waals surface area contributed by atoms with Crippen molar-refractivity contribution in [1.29, 1.82) is 0 Å². The van der Waals surface area contributed by atoms with E-state index < -0.39 is 0 Å². The van der Waals surface area contributed by atoms with Crippen molar-refractivity contribution in [1.82, 2.24) is 4.98 Å². The van der Waals surface area contributed by atoms with E-state index in [1.165, 1.54) is 31.1 Å². The molecule has 3 aromatic rings. The van der Waals surface area contributed by atoms with Crippen LogP contribution >= 0.6 is 11.3 Å². The minimum Gasteiger partial charge on any atom is -0.497 e. The number of nitrogens with zero attached hydrogens (tertiary/aromatic N) is 1. The lowest BCUT2D eigenvalue weighted by atomic mass is 10.1. The maximum absolute atomic E-state index is 12.9. The van der Waals surface area contributed by atoms with E-state index in [0.717, 1.165) is 28.2 Å². The van der Waals surface area contributed by atoms with E-state index in [0.29, 0.717) is 28.6 Å². The Morgan fingerprint density at radius 1 is 1.00 bits per heavy atom. The molecule has 4 rings (SSSR count). The molecule has 1 aromatic heterocycles. The molecule has 8 heteroatoms. The number of amides is 2. The van der Waals surface area contributed by atoms with Crippen LogP contribution in [0, 0.1) is 13.8 Å². The molecule has 1 atom stereocenters. The number of fused-ring (bicyclic) bond motifs is 1. The Morgan fingerprint density at radius 3 is 2.38 bits per heavy atom. The van der Waals surface area contributed by atoms with Crippen LogP contribution in [0.5, 0.6) is 11.5 Å². The normalized spacial score (nSPS) is 14.6. The summed E-state index contributed by atoms with van der Waals surface area (Å²) in [6.07, 6.45) is 1.48. The molecule has 32 heavy (non-hydrogen) atoms. The summed E-state index contributed by atoms with van der Waals surface area (Å²) < 4.78 is 10.5. The van der Waals surface area contributed by atoms with Crippen molar-refractivity contribution >= 4 is 34.0 Å². The predicted molar refractivity (Wildman–Crippen MR) is 125 cm³/mol. The molecule has 1 aliphatic rings. The first kappa shape index (κ1) is 21.8. The average Bonchev–Trinajstić information content (AvgIpc) is 3.36. The topological polar surface area (TPSA) is 89.6 Å². The first-order valence-corrected chi connectivity index (χ1v) is 11.1. The number of aromatic nitrogens is 1. The smallest absolute Gasteiger partial charge is 0.257 e. The molecule has 0 saturated carbocycles.